The molecule has 0 saturated heterocycles. The molecule has 0 saturated carbocycles. The molecular formula is C28H40BrNO6S. The van der Waals surface area contributed by atoms with Crippen molar-refractivity contribution in [3.8, 4) is 5.75 Å². The molecule has 0 aliphatic carbocycles. The van der Waals surface area contributed by atoms with Crippen LogP contribution >= 0.6 is 27.3 Å². The molecule has 0 spiro atoms. The molecule has 2 unspecified atom stereocenters. The molecule has 1 amide bonds. The molecule has 7 nitrogen and oxygen atoms in total. The maximum Gasteiger partial charge on any atom is 0.410 e. The maximum absolute atomic E-state index is 12.1. The monoisotopic (exact) mass is 597 g/mol. The Bertz CT molecular complexity index is 1100. The number of carbonyl (C=O) groups excluding carboxylic acids is 2. The van der Waals surface area contributed by atoms with E-state index in [0.29, 0.717) is 25.0 Å². The third-order valence-corrected chi connectivity index (χ3v) is 8.03. The van der Waals surface area contributed by atoms with Gasteiger partial charge in [0.15, 0.2) is 5.78 Å². The zero-order valence-corrected chi connectivity index (χ0v) is 25.3. The van der Waals surface area contributed by atoms with Crippen LogP contribution in [0.25, 0.3) is 0 Å². The van der Waals surface area contributed by atoms with Gasteiger partial charge in [0.1, 0.15) is 17.1 Å². The van der Waals surface area contributed by atoms with Crippen molar-refractivity contribution < 1.29 is 23.8 Å². The van der Waals surface area contributed by atoms with Crippen molar-refractivity contribution in [3.63, 3.8) is 0 Å². The van der Waals surface area contributed by atoms with E-state index in [1.165, 1.54) is 40.0 Å². The highest BCUT2D eigenvalue weighted by atomic mass is 79.9. The minimum absolute atomic E-state index is 0.144. The van der Waals surface area contributed by atoms with Crippen molar-refractivity contribution >= 4 is 39.1 Å². The average molecular weight is 599 g/mol. The van der Waals surface area contributed by atoms with Gasteiger partial charge in [-0.05, 0) is 60.0 Å². The number of alkyl carbamates (subject to hydrolysis) is 1. The van der Waals surface area contributed by atoms with Crippen molar-refractivity contribution in [1.29, 1.82) is 0 Å². The van der Waals surface area contributed by atoms with Crippen molar-refractivity contribution in [2.75, 3.05) is 7.11 Å². The van der Waals surface area contributed by atoms with E-state index >= 15 is 0 Å². The number of Topliss-reactive ketones (excluding diaryl/α,β-unsaturated/α-hetero) is 1. The molecule has 2 rings (SSSR count). The summed E-state index contributed by atoms with van der Waals surface area (Å²) in [7, 11) is 1.27. The van der Waals surface area contributed by atoms with E-state index in [4.69, 9.17) is 4.42 Å². The first kappa shape index (κ1) is 32.6. The van der Waals surface area contributed by atoms with E-state index in [2.05, 4.69) is 52.8 Å². The number of rotatable bonds is 11. The number of thiophene rings is 1. The van der Waals surface area contributed by atoms with Gasteiger partial charge < -0.3 is 14.3 Å². The Morgan fingerprint density at radius 2 is 1.89 bits per heavy atom. The molecule has 2 atom stereocenters. The lowest BCUT2D eigenvalue weighted by Gasteiger charge is -2.12. The van der Waals surface area contributed by atoms with Crippen LogP contribution in [0.4, 0.5) is 4.79 Å². The summed E-state index contributed by atoms with van der Waals surface area (Å²) in [5.41, 5.74) is -1.09. The van der Waals surface area contributed by atoms with Crippen LogP contribution in [0.5, 0.6) is 5.75 Å². The number of aryl methyl sites for hydroxylation is 1. The highest BCUT2D eigenvalue weighted by molar-refractivity contribution is 9.10. The van der Waals surface area contributed by atoms with Crippen molar-refractivity contribution in [3.05, 3.63) is 60.4 Å². The largest absolute Gasteiger partial charge is 0.507 e. The fraction of sp³-hybridized carbons (Fsp3) is 0.536. The summed E-state index contributed by atoms with van der Waals surface area (Å²) < 4.78 is 11.0. The van der Waals surface area contributed by atoms with Crippen molar-refractivity contribution in [1.82, 2.24) is 5.32 Å². The Balaban J connectivity index is 0.000000474. The number of nitrogens with one attached hydrogen (secondary N) is 1. The predicted octanol–water partition coefficient (Wildman–Crippen LogP) is 7.60. The van der Waals surface area contributed by atoms with Gasteiger partial charge in [-0.15, -0.1) is 11.3 Å². The van der Waals surface area contributed by atoms with Gasteiger partial charge in [0.05, 0.1) is 7.11 Å². The number of carbonyl (C=O) groups is 2. The lowest BCUT2D eigenvalue weighted by molar-refractivity contribution is 0.0919. The van der Waals surface area contributed by atoms with Crippen molar-refractivity contribution in [2.45, 2.75) is 79.6 Å². The molecule has 9 heteroatoms. The fourth-order valence-electron chi connectivity index (χ4n) is 3.30. The molecule has 37 heavy (non-hydrogen) atoms. The number of hydrogen-bond acceptors (Lipinski definition) is 7. The molecule has 0 aliphatic rings. The molecule has 0 radical (unpaired) electrons. The van der Waals surface area contributed by atoms with Crippen LogP contribution in [-0.4, -0.2) is 24.1 Å². The standard InChI is InChI=1S/C18H25NO6.C10H15BrS/c1-5-11(2)16(21)15-13(20)10-14(25-17(15)22)12(3)8-6-7-9-19-18(23)24-4;1-4-8-6-9(11)10(12-8)5-7(2)3/h7,9-12,20H,5-6,8H2,1-4H3,(H,19,23);6-7H,4-5H2,1-3H3/b9-7+;. The van der Waals surface area contributed by atoms with E-state index in [9.17, 15) is 19.5 Å². The lowest BCUT2D eigenvalue weighted by atomic mass is 9.96. The minimum atomic E-state index is -0.810. The van der Waals surface area contributed by atoms with Gasteiger partial charge in [0.25, 0.3) is 0 Å². The maximum atomic E-state index is 12.1. The van der Waals surface area contributed by atoms with Gasteiger partial charge in [-0.2, -0.15) is 0 Å². The number of ether oxygens (including phenoxy) is 1. The Labute approximate surface area is 232 Å². The van der Waals surface area contributed by atoms with Crippen LogP contribution in [0.3, 0.4) is 0 Å². The quantitative estimate of drug-likeness (QED) is 0.258. The third-order valence-electron chi connectivity index (χ3n) is 5.76. The van der Waals surface area contributed by atoms with E-state index in [1.54, 1.807) is 13.0 Å². The van der Waals surface area contributed by atoms with Crippen LogP contribution in [0, 0.1) is 11.8 Å². The van der Waals surface area contributed by atoms with Crippen LogP contribution in [0.2, 0.25) is 0 Å². The summed E-state index contributed by atoms with van der Waals surface area (Å²) in [6.45, 7) is 12.1. The first-order valence-corrected chi connectivity index (χ1v) is 14.2. The van der Waals surface area contributed by atoms with Gasteiger partial charge in [0.2, 0.25) is 0 Å². The molecule has 206 valence electrons. The Morgan fingerprint density at radius 3 is 2.41 bits per heavy atom. The van der Waals surface area contributed by atoms with E-state index < -0.39 is 17.5 Å². The molecule has 0 fully saturated rings. The normalized spacial score (nSPS) is 12.7. The molecule has 0 aliphatic heterocycles. The summed E-state index contributed by atoms with van der Waals surface area (Å²) in [5, 5.41) is 12.5. The highest BCUT2D eigenvalue weighted by Gasteiger charge is 2.24. The molecule has 2 aromatic heterocycles. The predicted molar refractivity (Wildman–Crippen MR) is 153 cm³/mol. The van der Waals surface area contributed by atoms with Gasteiger partial charge in [-0.25, -0.2) is 9.59 Å². The van der Waals surface area contributed by atoms with Gasteiger partial charge in [-0.3, -0.25) is 10.1 Å². The second-order valence-electron chi connectivity index (χ2n) is 9.32. The molecule has 0 bridgehead atoms. The van der Waals surface area contributed by atoms with E-state index in [0.717, 1.165) is 12.3 Å². The minimum Gasteiger partial charge on any atom is -0.507 e. The molecular weight excluding hydrogens is 558 g/mol. The first-order valence-electron chi connectivity index (χ1n) is 12.6. The van der Waals surface area contributed by atoms with Crippen LogP contribution in [0.1, 0.15) is 92.6 Å². The topological polar surface area (TPSA) is 106 Å². The molecule has 2 heterocycles. The average Bonchev–Trinajstić information content (AvgIpc) is 3.21. The van der Waals surface area contributed by atoms with Crippen LogP contribution < -0.4 is 10.9 Å². The smallest absolute Gasteiger partial charge is 0.410 e. The zero-order chi connectivity index (χ0) is 28.1. The number of methoxy groups -OCH3 is 1. The summed E-state index contributed by atoms with van der Waals surface area (Å²) in [4.78, 5) is 38.1. The Kier molecular flexibility index (Phi) is 14.5. The number of ketones is 1. The van der Waals surface area contributed by atoms with Crippen LogP contribution in [-0.2, 0) is 17.6 Å². The summed E-state index contributed by atoms with van der Waals surface area (Å²) in [6, 6.07) is 3.58. The molecule has 2 aromatic rings. The van der Waals surface area contributed by atoms with E-state index in [-0.39, 0.29) is 23.1 Å². The van der Waals surface area contributed by atoms with Gasteiger partial charge in [0, 0.05) is 38.3 Å². The summed E-state index contributed by atoms with van der Waals surface area (Å²) in [5.74, 6) is -0.183. The Hall–Kier alpha value is -2.39. The van der Waals surface area contributed by atoms with Crippen LogP contribution in [0.15, 0.2) is 38.1 Å². The number of aromatic hydroxyl groups is 1. The number of amides is 1. The SMILES string of the molecule is CCC(C)C(=O)c1c(O)cc(C(C)CC/C=C/NC(=O)OC)oc1=O.CCc1cc(Br)c(CC(C)C)s1. The Morgan fingerprint density at radius 1 is 1.22 bits per heavy atom. The van der Waals surface area contributed by atoms with E-state index in [1.807, 2.05) is 25.2 Å². The van der Waals surface area contributed by atoms with Crippen molar-refractivity contribution in [2.24, 2.45) is 11.8 Å². The number of hydrogen-bond donors (Lipinski definition) is 2. The fourth-order valence-corrected chi connectivity index (χ4v) is 5.34. The second kappa shape index (κ2) is 16.5. The number of allylic oxidation sites excluding steroid dienone is 1. The molecule has 2 N–H and O–H groups in total. The van der Waals surface area contributed by atoms with Gasteiger partial charge >= 0.3 is 11.7 Å². The second-order valence-corrected chi connectivity index (χ2v) is 11.4. The third kappa shape index (κ3) is 10.9. The summed E-state index contributed by atoms with van der Waals surface area (Å²) in [6.07, 6.45) is 6.83. The van der Waals surface area contributed by atoms with Gasteiger partial charge in [-0.1, -0.05) is 47.6 Å². The summed E-state index contributed by atoms with van der Waals surface area (Å²) >= 11 is 5.54. The highest BCUT2D eigenvalue weighted by Crippen LogP contribution is 2.30. The first-order chi connectivity index (χ1) is 17.4. The lowest BCUT2D eigenvalue weighted by Crippen LogP contribution is -2.20. The number of halogens is 1. The zero-order valence-electron chi connectivity index (χ0n) is 22.9. The molecule has 0 aromatic carbocycles.